The minimum absolute atomic E-state index is 0.714. The zero-order valence-corrected chi connectivity index (χ0v) is 10.8. The summed E-state index contributed by atoms with van der Waals surface area (Å²) in [5.74, 6) is 0.902. The molecule has 0 N–H and O–H groups in total. The lowest BCUT2D eigenvalue weighted by Gasteiger charge is -2.29. The molecule has 2 fully saturated rings. The molecule has 0 amide bonds. The van der Waals surface area contributed by atoms with Crippen LogP contribution in [0.4, 0.5) is 0 Å². The van der Waals surface area contributed by atoms with E-state index in [1.807, 2.05) is 0 Å². The Morgan fingerprint density at radius 2 is 2.00 bits per heavy atom. The lowest BCUT2D eigenvalue weighted by Crippen LogP contribution is -2.40. The van der Waals surface area contributed by atoms with E-state index in [0.717, 1.165) is 18.5 Å². The normalized spacial score (nSPS) is 34.1. The van der Waals surface area contributed by atoms with Gasteiger partial charge in [-0.25, -0.2) is 0 Å². The van der Waals surface area contributed by atoms with Gasteiger partial charge in [0.25, 0.3) is 0 Å². The summed E-state index contributed by atoms with van der Waals surface area (Å²) in [6.45, 7) is 6.08. The van der Waals surface area contributed by atoms with Crippen LogP contribution in [0.1, 0.15) is 18.9 Å². The van der Waals surface area contributed by atoms with Crippen LogP contribution in [-0.2, 0) is 6.54 Å². The summed E-state index contributed by atoms with van der Waals surface area (Å²) < 4.78 is 0. The van der Waals surface area contributed by atoms with Crippen molar-refractivity contribution in [2.45, 2.75) is 32.0 Å². The molecule has 2 nitrogen and oxygen atoms in total. The quantitative estimate of drug-likeness (QED) is 0.768. The Bertz CT molecular complexity index is 374. The lowest BCUT2D eigenvalue weighted by molar-refractivity contribution is 0.181. The van der Waals surface area contributed by atoms with Crippen molar-refractivity contribution in [1.82, 2.24) is 9.80 Å². The van der Waals surface area contributed by atoms with E-state index >= 15 is 0 Å². The minimum Gasteiger partial charge on any atom is -0.302 e. The van der Waals surface area contributed by atoms with Gasteiger partial charge < -0.3 is 4.90 Å². The monoisotopic (exact) mass is 230 g/mol. The van der Waals surface area contributed by atoms with Crippen LogP contribution >= 0.6 is 0 Å². The SMILES string of the molecule is CC1C2C(CCN2Cc2ccccc2)CN1C. The topological polar surface area (TPSA) is 6.48 Å². The molecule has 0 bridgehead atoms. The van der Waals surface area contributed by atoms with Gasteiger partial charge in [0.2, 0.25) is 0 Å². The highest BCUT2D eigenvalue weighted by molar-refractivity contribution is 5.15. The molecule has 1 aromatic rings. The molecule has 3 unspecified atom stereocenters. The molecule has 17 heavy (non-hydrogen) atoms. The first-order valence-corrected chi connectivity index (χ1v) is 6.74. The third-order valence-electron chi connectivity index (χ3n) is 4.63. The largest absolute Gasteiger partial charge is 0.302 e. The molecule has 0 aromatic heterocycles. The van der Waals surface area contributed by atoms with Gasteiger partial charge in [-0.15, -0.1) is 0 Å². The van der Waals surface area contributed by atoms with Crippen molar-refractivity contribution in [3.63, 3.8) is 0 Å². The molecule has 2 aliphatic heterocycles. The molecule has 3 atom stereocenters. The number of benzene rings is 1. The molecule has 0 radical (unpaired) electrons. The summed E-state index contributed by atoms with van der Waals surface area (Å²) in [5, 5.41) is 0. The minimum atomic E-state index is 0.714. The number of likely N-dealkylation sites (N-methyl/N-ethyl adjacent to an activating group) is 1. The van der Waals surface area contributed by atoms with Crippen molar-refractivity contribution in [2.75, 3.05) is 20.1 Å². The third kappa shape index (κ3) is 2.00. The molecule has 0 saturated carbocycles. The van der Waals surface area contributed by atoms with Gasteiger partial charge >= 0.3 is 0 Å². The van der Waals surface area contributed by atoms with E-state index in [1.165, 1.54) is 25.1 Å². The van der Waals surface area contributed by atoms with Crippen LogP contribution < -0.4 is 0 Å². The van der Waals surface area contributed by atoms with E-state index in [0.29, 0.717) is 6.04 Å². The van der Waals surface area contributed by atoms with E-state index in [4.69, 9.17) is 0 Å². The first-order chi connectivity index (χ1) is 8.25. The molecule has 0 spiro atoms. The number of nitrogens with zero attached hydrogens (tertiary/aromatic N) is 2. The van der Waals surface area contributed by atoms with Crippen molar-refractivity contribution in [3.05, 3.63) is 35.9 Å². The summed E-state index contributed by atoms with van der Waals surface area (Å²) in [4.78, 5) is 5.21. The van der Waals surface area contributed by atoms with Gasteiger partial charge in [0.05, 0.1) is 0 Å². The molecule has 2 saturated heterocycles. The molecular formula is C15H22N2. The van der Waals surface area contributed by atoms with E-state index in [1.54, 1.807) is 0 Å². The second kappa shape index (κ2) is 4.43. The van der Waals surface area contributed by atoms with Gasteiger partial charge in [-0.05, 0) is 38.4 Å². The summed E-state index contributed by atoms with van der Waals surface area (Å²) in [6, 6.07) is 12.4. The van der Waals surface area contributed by atoms with Gasteiger partial charge in [0.1, 0.15) is 0 Å². The number of rotatable bonds is 2. The predicted molar refractivity (Wildman–Crippen MR) is 70.8 cm³/mol. The number of hydrogen-bond donors (Lipinski definition) is 0. The molecule has 92 valence electrons. The van der Waals surface area contributed by atoms with Crippen molar-refractivity contribution in [3.8, 4) is 0 Å². The van der Waals surface area contributed by atoms with Crippen molar-refractivity contribution in [1.29, 1.82) is 0 Å². The summed E-state index contributed by atoms with van der Waals surface area (Å²) in [6.07, 6.45) is 1.38. The molecule has 0 aliphatic carbocycles. The van der Waals surface area contributed by atoms with E-state index in [2.05, 4.69) is 54.1 Å². The van der Waals surface area contributed by atoms with Gasteiger partial charge in [-0.2, -0.15) is 0 Å². The van der Waals surface area contributed by atoms with Crippen LogP contribution in [-0.4, -0.2) is 42.0 Å². The Labute approximate surface area is 104 Å². The smallest absolute Gasteiger partial charge is 0.0293 e. The highest BCUT2D eigenvalue weighted by atomic mass is 15.3. The second-order valence-corrected chi connectivity index (χ2v) is 5.68. The maximum atomic E-state index is 2.69. The van der Waals surface area contributed by atoms with Crippen LogP contribution in [0.15, 0.2) is 30.3 Å². The Balaban J connectivity index is 1.73. The first-order valence-electron chi connectivity index (χ1n) is 6.74. The van der Waals surface area contributed by atoms with Crippen LogP contribution in [0.3, 0.4) is 0 Å². The standard InChI is InChI=1S/C15H22N2/c1-12-15-14(11-16(12)2)8-9-17(15)10-13-6-4-3-5-7-13/h3-7,12,14-15H,8-11H2,1-2H3. The van der Waals surface area contributed by atoms with Crippen LogP contribution in [0, 0.1) is 5.92 Å². The van der Waals surface area contributed by atoms with E-state index in [9.17, 15) is 0 Å². The van der Waals surface area contributed by atoms with Gasteiger partial charge in [0, 0.05) is 25.2 Å². The van der Waals surface area contributed by atoms with Crippen LogP contribution in [0.5, 0.6) is 0 Å². The van der Waals surface area contributed by atoms with Crippen LogP contribution in [0.2, 0.25) is 0 Å². The fourth-order valence-electron chi connectivity index (χ4n) is 3.65. The lowest BCUT2D eigenvalue weighted by atomic mass is 10.0. The fraction of sp³-hybridized carbons (Fsp3) is 0.600. The maximum Gasteiger partial charge on any atom is 0.0293 e. The second-order valence-electron chi connectivity index (χ2n) is 5.68. The maximum absolute atomic E-state index is 2.69. The average Bonchev–Trinajstić information content (AvgIpc) is 2.84. The molecule has 1 aromatic carbocycles. The highest BCUT2D eigenvalue weighted by Gasteiger charge is 2.44. The van der Waals surface area contributed by atoms with Crippen LogP contribution in [0.25, 0.3) is 0 Å². The summed E-state index contributed by atoms with van der Waals surface area (Å²) >= 11 is 0. The average molecular weight is 230 g/mol. The third-order valence-corrected chi connectivity index (χ3v) is 4.63. The number of hydrogen-bond acceptors (Lipinski definition) is 2. The molecule has 3 rings (SSSR count). The van der Waals surface area contributed by atoms with E-state index < -0.39 is 0 Å². The molecular weight excluding hydrogens is 208 g/mol. The van der Waals surface area contributed by atoms with Crippen molar-refractivity contribution in [2.24, 2.45) is 5.92 Å². The fourth-order valence-corrected chi connectivity index (χ4v) is 3.65. The number of fused-ring (bicyclic) bond motifs is 1. The number of likely N-dealkylation sites (tertiary alicyclic amines) is 2. The van der Waals surface area contributed by atoms with Crippen molar-refractivity contribution >= 4 is 0 Å². The highest BCUT2D eigenvalue weighted by Crippen LogP contribution is 2.35. The summed E-state index contributed by atoms with van der Waals surface area (Å²) in [7, 11) is 2.27. The zero-order valence-electron chi connectivity index (χ0n) is 10.8. The Kier molecular flexibility index (Phi) is 2.93. The van der Waals surface area contributed by atoms with Gasteiger partial charge in [-0.3, -0.25) is 4.90 Å². The predicted octanol–water partition coefficient (Wildman–Crippen LogP) is 2.21. The zero-order chi connectivity index (χ0) is 11.8. The molecule has 2 aliphatic rings. The molecule has 2 heteroatoms. The Morgan fingerprint density at radius 3 is 2.76 bits per heavy atom. The van der Waals surface area contributed by atoms with Gasteiger partial charge in [-0.1, -0.05) is 30.3 Å². The summed E-state index contributed by atoms with van der Waals surface area (Å²) in [5.41, 5.74) is 1.45. The van der Waals surface area contributed by atoms with E-state index in [-0.39, 0.29) is 0 Å². The Hall–Kier alpha value is -0.860. The van der Waals surface area contributed by atoms with Gasteiger partial charge in [0.15, 0.2) is 0 Å². The van der Waals surface area contributed by atoms with Crippen molar-refractivity contribution < 1.29 is 0 Å². The first kappa shape index (κ1) is 11.2. The molecule has 2 heterocycles. The Morgan fingerprint density at radius 1 is 1.24 bits per heavy atom.